The van der Waals surface area contributed by atoms with Crippen LogP contribution in [-0.2, 0) is 16.0 Å². The van der Waals surface area contributed by atoms with Gasteiger partial charge in [0.1, 0.15) is 0 Å². The first-order valence-corrected chi connectivity index (χ1v) is 11.9. The monoisotopic (exact) mass is 478 g/mol. The molecule has 1 aliphatic rings. The van der Waals surface area contributed by atoms with Gasteiger partial charge in [0.15, 0.2) is 0 Å². The number of benzene rings is 1. The Labute approximate surface area is 200 Å². The van der Waals surface area contributed by atoms with Crippen molar-refractivity contribution in [3.8, 4) is 5.69 Å². The minimum atomic E-state index is -0.0291. The number of rotatable bonds is 6. The third-order valence-corrected chi connectivity index (χ3v) is 7.03. The van der Waals surface area contributed by atoms with Crippen molar-refractivity contribution in [2.75, 3.05) is 13.1 Å². The van der Waals surface area contributed by atoms with Crippen molar-refractivity contribution >= 4 is 35.0 Å². The number of nitrogens with zero attached hydrogens (tertiary/aromatic N) is 3. The van der Waals surface area contributed by atoms with E-state index in [4.69, 9.17) is 23.2 Å². The lowest BCUT2D eigenvalue weighted by Crippen LogP contribution is -2.46. The van der Waals surface area contributed by atoms with Gasteiger partial charge in [-0.25, -0.2) is 4.68 Å². The molecule has 2 amide bonds. The lowest BCUT2D eigenvalue weighted by atomic mass is 9.94. The summed E-state index contributed by atoms with van der Waals surface area (Å²) >= 11 is 12.4. The third kappa shape index (κ3) is 5.46. The fourth-order valence-electron chi connectivity index (χ4n) is 3.98. The van der Waals surface area contributed by atoms with Crippen molar-refractivity contribution in [2.45, 2.75) is 59.9 Å². The zero-order valence-corrected chi connectivity index (χ0v) is 20.9. The summed E-state index contributed by atoms with van der Waals surface area (Å²) in [5.74, 6) is 0.535. The van der Waals surface area contributed by atoms with Gasteiger partial charge >= 0.3 is 0 Å². The van der Waals surface area contributed by atoms with E-state index in [1.807, 2.05) is 31.7 Å². The van der Waals surface area contributed by atoms with E-state index in [2.05, 4.69) is 24.3 Å². The number of aryl methyl sites for hydroxylation is 1. The maximum atomic E-state index is 13.0. The average Bonchev–Trinajstić information content (AvgIpc) is 3.01. The molecule has 1 aliphatic heterocycles. The molecule has 6 nitrogen and oxygen atoms in total. The number of amides is 2. The second-order valence-corrected chi connectivity index (χ2v) is 9.87. The lowest BCUT2D eigenvalue weighted by molar-refractivity contribution is -0.135. The first-order valence-electron chi connectivity index (χ1n) is 11.2. The molecule has 0 bridgehead atoms. The zero-order chi connectivity index (χ0) is 23.6. The summed E-state index contributed by atoms with van der Waals surface area (Å²) in [6, 6.07) is 5.43. The highest BCUT2D eigenvalue weighted by Crippen LogP contribution is 2.27. The van der Waals surface area contributed by atoms with E-state index in [0.717, 1.165) is 22.6 Å². The Balaban J connectivity index is 1.64. The molecule has 1 unspecified atom stereocenters. The van der Waals surface area contributed by atoms with Crippen LogP contribution < -0.4 is 5.32 Å². The maximum absolute atomic E-state index is 13.0. The van der Waals surface area contributed by atoms with Gasteiger partial charge in [-0.1, -0.05) is 37.0 Å². The molecule has 3 rings (SSSR count). The van der Waals surface area contributed by atoms with Crippen molar-refractivity contribution in [1.29, 1.82) is 0 Å². The Morgan fingerprint density at radius 1 is 1.16 bits per heavy atom. The first kappa shape index (κ1) is 24.6. The number of aromatic nitrogens is 2. The van der Waals surface area contributed by atoms with Crippen LogP contribution in [0, 0.1) is 25.7 Å². The molecular weight excluding hydrogens is 447 g/mol. The van der Waals surface area contributed by atoms with Crippen LogP contribution >= 0.6 is 23.2 Å². The summed E-state index contributed by atoms with van der Waals surface area (Å²) in [5.41, 5.74) is 3.33. The second kappa shape index (κ2) is 10.3. The molecule has 8 heteroatoms. The average molecular weight is 479 g/mol. The van der Waals surface area contributed by atoms with Gasteiger partial charge in [0.05, 0.1) is 22.8 Å². The van der Waals surface area contributed by atoms with Gasteiger partial charge in [0.25, 0.3) is 0 Å². The van der Waals surface area contributed by atoms with Crippen LogP contribution in [0.2, 0.25) is 10.0 Å². The van der Waals surface area contributed by atoms with Crippen LogP contribution in [0.5, 0.6) is 0 Å². The quantitative estimate of drug-likeness (QED) is 0.651. The summed E-state index contributed by atoms with van der Waals surface area (Å²) in [6.45, 7) is 11.3. The molecule has 2 aromatic rings. The number of halogens is 2. The van der Waals surface area contributed by atoms with Crippen LogP contribution in [0.4, 0.5) is 0 Å². The molecule has 174 valence electrons. The highest BCUT2D eigenvalue weighted by Gasteiger charge is 2.29. The molecule has 0 radical (unpaired) electrons. The number of likely N-dealkylation sites (tertiary alicyclic amines) is 1. The normalized spacial score (nSPS) is 15.8. The largest absolute Gasteiger partial charge is 0.353 e. The predicted molar refractivity (Wildman–Crippen MR) is 129 cm³/mol. The summed E-state index contributed by atoms with van der Waals surface area (Å²) in [4.78, 5) is 27.4. The minimum Gasteiger partial charge on any atom is -0.353 e. The molecule has 32 heavy (non-hydrogen) atoms. The van der Waals surface area contributed by atoms with E-state index in [1.165, 1.54) is 0 Å². The Kier molecular flexibility index (Phi) is 7.88. The molecular formula is C24H32Cl2N4O2. The smallest absolute Gasteiger partial charge is 0.227 e. The summed E-state index contributed by atoms with van der Waals surface area (Å²) in [5, 5.41) is 8.78. The molecule has 0 saturated carbocycles. The number of carbonyl (C=O) groups is 2. The highest BCUT2D eigenvalue weighted by atomic mass is 35.5. The number of nitrogens with one attached hydrogen (secondary N) is 1. The minimum absolute atomic E-state index is 0.0291. The topological polar surface area (TPSA) is 67.2 Å². The third-order valence-electron chi connectivity index (χ3n) is 6.50. The van der Waals surface area contributed by atoms with Gasteiger partial charge in [-0.2, -0.15) is 5.10 Å². The molecule has 2 heterocycles. The fourth-order valence-corrected chi connectivity index (χ4v) is 4.47. The van der Waals surface area contributed by atoms with Gasteiger partial charge in [-0.3, -0.25) is 9.59 Å². The van der Waals surface area contributed by atoms with Crippen LogP contribution in [0.3, 0.4) is 0 Å². The lowest BCUT2D eigenvalue weighted by Gasteiger charge is -2.32. The standard InChI is InChI=1S/C24H32Cl2N4O2/c1-14(2)15(3)27-24(32)18-8-10-29(11-9-18)23(31)13-20-16(4)28-30(17(20)5)22-7-6-19(25)12-21(22)26/h6-7,12,14-15,18H,8-11,13H2,1-5H3,(H,27,32). The first-order chi connectivity index (χ1) is 15.1. The van der Waals surface area contributed by atoms with Crippen molar-refractivity contribution in [2.24, 2.45) is 11.8 Å². The Morgan fingerprint density at radius 2 is 1.81 bits per heavy atom. The maximum Gasteiger partial charge on any atom is 0.227 e. The van der Waals surface area contributed by atoms with Crippen molar-refractivity contribution in [3.63, 3.8) is 0 Å². The SMILES string of the molecule is Cc1nn(-c2ccc(Cl)cc2Cl)c(C)c1CC(=O)N1CCC(C(=O)NC(C)C(C)C)CC1. The van der Waals surface area contributed by atoms with Crippen LogP contribution in [-0.4, -0.2) is 45.6 Å². The molecule has 1 aromatic carbocycles. The van der Waals surface area contributed by atoms with Crippen LogP contribution in [0.15, 0.2) is 18.2 Å². The Bertz CT molecular complexity index is 994. The summed E-state index contributed by atoms with van der Waals surface area (Å²) in [6.07, 6.45) is 1.67. The number of carbonyl (C=O) groups excluding carboxylic acids is 2. The highest BCUT2D eigenvalue weighted by molar-refractivity contribution is 6.35. The predicted octanol–water partition coefficient (Wildman–Crippen LogP) is 4.74. The second-order valence-electron chi connectivity index (χ2n) is 9.03. The van der Waals surface area contributed by atoms with Crippen molar-refractivity contribution < 1.29 is 9.59 Å². The Morgan fingerprint density at radius 3 is 2.41 bits per heavy atom. The van der Waals surface area contributed by atoms with E-state index >= 15 is 0 Å². The van der Waals surface area contributed by atoms with Gasteiger partial charge in [0, 0.05) is 41.3 Å². The molecule has 1 aromatic heterocycles. The molecule has 1 N–H and O–H groups in total. The van der Waals surface area contributed by atoms with E-state index in [-0.39, 0.29) is 30.2 Å². The van der Waals surface area contributed by atoms with Crippen LogP contribution in [0.25, 0.3) is 5.69 Å². The van der Waals surface area contributed by atoms with Gasteiger partial charge < -0.3 is 10.2 Å². The van der Waals surface area contributed by atoms with E-state index in [0.29, 0.717) is 41.9 Å². The van der Waals surface area contributed by atoms with Crippen molar-refractivity contribution in [3.05, 3.63) is 45.2 Å². The van der Waals surface area contributed by atoms with Gasteiger partial charge in [0.2, 0.25) is 11.8 Å². The molecule has 0 aliphatic carbocycles. The summed E-state index contributed by atoms with van der Waals surface area (Å²) in [7, 11) is 0. The van der Waals surface area contributed by atoms with E-state index in [1.54, 1.807) is 16.8 Å². The van der Waals surface area contributed by atoms with E-state index < -0.39 is 0 Å². The molecule has 1 atom stereocenters. The van der Waals surface area contributed by atoms with Gasteiger partial charge in [-0.05, 0) is 57.7 Å². The molecule has 0 spiro atoms. The number of piperidine rings is 1. The van der Waals surface area contributed by atoms with E-state index in [9.17, 15) is 9.59 Å². The zero-order valence-electron chi connectivity index (χ0n) is 19.4. The number of hydrogen-bond donors (Lipinski definition) is 1. The molecule has 1 fully saturated rings. The summed E-state index contributed by atoms with van der Waals surface area (Å²) < 4.78 is 1.77. The van der Waals surface area contributed by atoms with Crippen molar-refractivity contribution in [1.82, 2.24) is 20.0 Å². The van der Waals surface area contributed by atoms with Gasteiger partial charge in [-0.15, -0.1) is 0 Å². The van der Waals surface area contributed by atoms with Crippen LogP contribution in [0.1, 0.15) is 50.6 Å². The number of hydrogen-bond acceptors (Lipinski definition) is 3. The molecule has 1 saturated heterocycles. The fraction of sp³-hybridized carbons (Fsp3) is 0.542. The Hall–Kier alpha value is -2.05.